The summed E-state index contributed by atoms with van der Waals surface area (Å²) >= 11 is 7.84. The van der Waals surface area contributed by atoms with E-state index in [0.29, 0.717) is 20.2 Å². The Kier molecular flexibility index (Phi) is 5.36. The molecule has 0 aromatic heterocycles. The zero-order chi connectivity index (χ0) is 18.0. The lowest BCUT2D eigenvalue weighted by molar-refractivity contribution is -0.384. The highest BCUT2D eigenvalue weighted by atomic mass is 79.9. The molecule has 0 spiro atoms. The van der Waals surface area contributed by atoms with Gasteiger partial charge in [-0.15, -0.1) is 0 Å². The van der Waals surface area contributed by atoms with Crippen LogP contribution < -0.4 is 5.32 Å². The highest BCUT2D eigenvalue weighted by molar-refractivity contribution is 9.10. The van der Waals surface area contributed by atoms with Crippen molar-refractivity contribution in [2.24, 2.45) is 4.99 Å². The lowest BCUT2D eigenvalue weighted by Gasteiger charge is -2.00. The molecule has 1 fully saturated rings. The maximum absolute atomic E-state index is 12.1. The molecule has 25 heavy (non-hydrogen) atoms. The second-order valence-electron chi connectivity index (χ2n) is 4.93. The van der Waals surface area contributed by atoms with Crippen molar-refractivity contribution in [3.8, 4) is 0 Å². The summed E-state index contributed by atoms with van der Waals surface area (Å²) in [6.07, 6.45) is 1.78. The van der Waals surface area contributed by atoms with Crippen molar-refractivity contribution < 1.29 is 9.72 Å². The van der Waals surface area contributed by atoms with Crippen LogP contribution in [0.4, 0.5) is 11.4 Å². The maximum atomic E-state index is 12.1. The lowest BCUT2D eigenvalue weighted by atomic mass is 10.2. The standard InChI is InChI=1S/C16H9Br2N3O3S/c17-10-3-1-9(2-4-10)7-14-15(22)20-16(25-14)19-13-6-5-11(21(23)24)8-12(13)18/h1-8H,(H,19,20,22)/b14-7+. The molecule has 6 nitrogen and oxygen atoms in total. The number of carbonyl (C=O) groups excluding carboxylic acids is 1. The molecule has 1 heterocycles. The number of amidine groups is 1. The molecule has 9 heteroatoms. The highest BCUT2D eigenvalue weighted by Crippen LogP contribution is 2.33. The number of benzene rings is 2. The first-order chi connectivity index (χ1) is 11.9. The number of non-ortho nitro benzene ring substituents is 1. The number of rotatable bonds is 3. The van der Waals surface area contributed by atoms with Crippen molar-refractivity contribution >= 4 is 72.1 Å². The van der Waals surface area contributed by atoms with E-state index in [4.69, 9.17) is 0 Å². The fourth-order valence-corrected chi connectivity index (χ4v) is 3.55. The molecule has 3 rings (SSSR count). The van der Waals surface area contributed by atoms with Crippen LogP contribution in [0.5, 0.6) is 0 Å². The fraction of sp³-hybridized carbons (Fsp3) is 0. The average Bonchev–Trinajstić information content (AvgIpc) is 2.91. The van der Waals surface area contributed by atoms with Gasteiger partial charge in [-0.05, 0) is 57.5 Å². The Morgan fingerprint density at radius 1 is 1.16 bits per heavy atom. The quantitative estimate of drug-likeness (QED) is 0.378. The maximum Gasteiger partial charge on any atom is 0.270 e. The third-order valence-electron chi connectivity index (χ3n) is 3.18. The minimum Gasteiger partial charge on any atom is -0.300 e. The molecule has 0 saturated carbocycles. The van der Waals surface area contributed by atoms with Gasteiger partial charge in [0.1, 0.15) is 0 Å². The number of nitrogens with one attached hydrogen (secondary N) is 1. The highest BCUT2D eigenvalue weighted by Gasteiger charge is 2.24. The predicted molar refractivity (Wildman–Crippen MR) is 106 cm³/mol. The molecular weight excluding hydrogens is 474 g/mol. The van der Waals surface area contributed by atoms with Crippen LogP contribution in [0.15, 0.2) is 61.3 Å². The van der Waals surface area contributed by atoms with Gasteiger partial charge in [-0.25, -0.2) is 4.99 Å². The van der Waals surface area contributed by atoms with Crippen LogP contribution in [0.2, 0.25) is 0 Å². The minimum absolute atomic E-state index is 0.0326. The number of nitro groups is 1. The summed E-state index contributed by atoms with van der Waals surface area (Å²) in [6, 6.07) is 11.8. The second-order valence-corrected chi connectivity index (χ2v) is 7.73. The number of nitro benzene ring substituents is 1. The van der Waals surface area contributed by atoms with Gasteiger partial charge in [-0.3, -0.25) is 14.9 Å². The Labute approximate surface area is 163 Å². The minimum atomic E-state index is -0.479. The third kappa shape index (κ3) is 4.36. The normalized spacial score (nSPS) is 17.1. The molecule has 1 aliphatic rings. The second kappa shape index (κ2) is 7.51. The topological polar surface area (TPSA) is 84.6 Å². The first kappa shape index (κ1) is 17.8. The predicted octanol–water partition coefficient (Wildman–Crippen LogP) is 5.01. The van der Waals surface area contributed by atoms with Crippen LogP contribution in [0.25, 0.3) is 6.08 Å². The van der Waals surface area contributed by atoms with Crippen LogP contribution >= 0.6 is 43.6 Å². The van der Waals surface area contributed by atoms with Crippen LogP contribution in [0.3, 0.4) is 0 Å². The zero-order valence-corrected chi connectivity index (χ0v) is 16.4. The Hall–Kier alpha value is -1.97. The van der Waals surface area contributed by atoms with E-state index in [2.05, 4.69) is 42.2 Å². The Bertz CT molecular complexity index is 927. The summed E-state index contributed by atoms with van der Waals surface area (Å²) < 4.78 is 1.44. The number of amides is 1. The largest absolute Gasteiger partial charge is 0.300 e. The van der Waals surface area contributed by atoms with E-state index in [-0.39, 0.29) is 11.6 Å². The van der Waals surface area contributed by atoms with Gasteiger partial charge in [-0.1, -0.05) is 28.1 Å². The first-order valence-electron chi connectivity index (χ1n) is 6.91. The monoisotopic (exact) mass is 481 g/mol. The van der Waals surface area contributed by atoms with Crippen molar-refractivity contribution in [1.82, 2.24) is 5.32 Å². The van der Waals surface area contributed by atoms with E-state index in [1.165, 1.54) is 30.0 Å². The molecule has 2 aromatic carbocycles. The van der Waals surface area contributed by atoms with Crippen LogP contribution in [-0.2, 0) is 4.79 Å². The van der Waals surface area contributed by atoms with E-state index in [0.717, 1.165) is 10.0 Å². The van der Waals surface area contributed by atoms with Crippen molar-refractivity contribution in [2.75, 3.05) is 0 Å². The van der Waals surface area contributed by atoms with Gasteiger partial charge < -0.3 is 5.32 Å². The number of thioether (sulfide) groups is 1. The SMILES string of the molecule is O=C1NC(=Nc2ccc([N+](=O)[O-])cc2Br)S/C1=C/c1ccc(Br)cc1. The lowest BCUT2D eigenvalue weighted by Crippen LogP contribution is -2.19. The number of aliphatic imine (C=N–C) groups is 1. The third-order valence-corrected chi connectivity index (χ3v) is 5.26. The molecule has 1 amide bonds. The van der Waals surface area contributed by atoms with Gasteiger partial charge >= 0.3 is 0 Å². The molecule has 0 unspecified atom stereocenters. The molecule has 1 saturated heterocycles. The van der Waals surface area contributed by atoms with E-state index >= 15 is 0 Å². The van der Waals surface area contributed by atoms with E-state index in [1.807, 2.05) is 24.3 Å². The molecule has 0 aliphatic carbocycles. The smallest absolute Gasteiger partial charge is 0.270 e. The van der Waals surface area contributed by atoms with Crippen LogP contribution in [0.1, 0.15) is 5.56 Å². The molecule has 0 atom stereocenters. The van der Waals surface area contributed by atoms with Gasteiger partial charge in [0.05, 0.1) is 20.0 Å². The summed E-state index contributed by atoms with van der Waals surface area (Å²) in [5.41, 5.74) is 1.37. The Morgan fingerprint density at radius 2 is 1.88 bits per heavy atom. The zero-order valence-electron chi connectivity index (χ0n) is 12.4. The Balaban J connectivity index is 1.83. The van der Waals surface area contributed by atoms with E-state index in [1.54, 1.807) is 6.08 Å². The number of nitrogens with zero attached hydrogens (tertiary/aromatic N) is 2. The molecular formula is C16H9Br2N3O3S. The van der Waals surface area contributed by atoms with Crippen molar-refractivity contribution in [1.29, 1.82) is 0 Å². The van der Waals surface area contributed by atoms with Crippen LogP contribution in [-0.4, -0.2) is 16.0 Å². The summed E-state index contributed by atoms with van der Waals surface area (Å²) in [5.74, 6) is -0.232. The molecule has 1 aliphatic heterocycles. The van der Waals surface area contributed by atoms with Gasteiger partial charge in [0, 0.05) is 16.6 Å². The molecule has 126 valence electrons. The van der Waals surface area contributed by atoms with Crippen molar-refractivity contribution in [2.45, 2.75) is 0 Å². The van der Waals surface area contributed by atoms with E-state index < -0.39 is 4.92 Å². The van der Waals surface area contributed by atoms with Gasteiger partial charge in [0.25, 0.3) is 11.6 Å². The summed E-state index contributed by atoms with van der Waals surface area (Å²) in [6.45, 7) is 0. The average molecular weight is 483 g/mol. The summed E-state index contributed by atoms with van der Waals surface area (Å²) in [7, 11) is 0. The number of halogens is 2. The molecule has 1 N–H and O–H groups in total. The summed E-state index contributed by atoms with van der Waals surface area (Å²) in [5, 5.41) is 13.9. The molecule has 0 bridgehead atoms. The molecule has 0 radical (unpaired) electrons. The Morgan fingerprint density at radius 3 is 2.52 bits per heavy atom. The molecule has 2 aromatic rings. The number of hydrogen-bond acceptors (Lipinski definition) is 5. The summed E-state index contributed by atoms with van der Waals surface area (Å²) in [4.78, 5) is 27.2. The van der Waals surface area contributed by atoms with Crippen molar-refractivity contribution in [3.05, 3.63) is 72.0 Å². The van der Waals surface area contributed by atoms with Crippen LogP contribution in [0, 0.1) is 10.1 Å². The van der Waals surface area contributed by atoms with Gasteiger partial charge in [-0.2, -0.15) is 0 Å². The number of hydrogen-bond donors (Lipinski definition) is 1. The van der Waals surface area contributed by atoms with Gasteiger partial charge in [0.2, 0.25) is 0 Å². The fourth-order valence-electron chi connectivity index (χ4n) is 2.00. The first-order valence-corrected chi connectivity index (χ1v) is 9.32. The number of carbonyl (C=O) groups is 1. The van der Waals surface area contributed by atoms with E-state index in [9.17, 15) is 14.9 Å². The van der Waals surface area contributed by atoms with Crippen molar-refractivity contribution in [3.63, 3.8) is 0 Å². The van der Waals surface area contributed by atoms with Gasteiger partial charge in [0.15, 0.2) is 5.17 Å².